The monoisotopic (exact) mass is 442 g/mol. The summed E-state index contributed by atoms with van der Waals surface area (Å²) in [7, 11) is 0. The molecule has 1 aliphatic rings. The molecule has 2 aromatic carbocycles. The molecule has 0 atom stereocenters. The smallest absolute Gasteiger partial charge is 0.254 e. The van der Waals surface area contributed by atoms with Gasteiger partial charge < -0.3 is 14.8 Å². The number of aromatic amines is 1. The molecule has 1 aromatic heterocycles. The van der Waals surface area contributed by atoms with Gasteiger partial charge in [0.1, 0.15) is 5.82 Å². The third-order valence-electron chi connectivity index (χ3n) is 5.14. The van der Waals surface area contributed by atoms with E-state index in [1.54, 1.807) is 29.2 Å². The molecule has 1 N–H and O–H groups in total. The van der Waals surface area contributed by atoms with Crippen molar-refractivity contribution in [2.45, 2.75) is 6.42 Å². The minimum atomic E-state index is -0.305. The fourth-order valence-electron chi connectivity index (χ4n) is 3.46. The Morgan fingerprint density at radius 2 is 1.73 bits per heavy atom. The summed E-state index contributed by atoms with van der Waals surface area (Å²) in [6, 6.07) is 14.7. The van der Waals surface area contributed by atoms with Gasteiger partial charge in [0.25, 0.3) is 5.56 Å². The number of nitrogens with zero attached hydrogens (tertiary/aromatic N) is 3. The number of H-pyrrole nitrogens is 1. The Bertz CT molecular complexity index is 1110. The van der Waals surface area contributed by atoms with E-state index in [4.69, 9.17) is 23.2 Å². The molecular weight excluding hydrogens is 423 g/mol. The predicted octanol–water partition coefficient (Wildman–Crippen LogP) is 3.64. The quantitative estimate of drug-likeness (QED) is 0.669. The second kappa shape index (κ2) is 8.90. The Kier molecular flexibility index (Phi) is 6.06. The molecule has 4 rings (SSSR count). The maximum Gasteiger partial charge on any atom is 0.254 e. The van der Waals surface area contributed by atoms with E-state index in [9.17, 15) is 9.59 Å². The van der Waals surface area contributed by atoms with Gasteiger partial charge in [0.05, 0.1) is 6.42 Å². The van der Waals surface area contributed by atoms with Crippen LogP contribution in [-0.4, -0.2) is 47.0 Å². The van der Waals surface area contributed by atoms with Crippen molar-refractivity contribution >= 4 is 34.8 Å². The molecule has 0 spiro atoms. The maximum atomic E-state index is 12.7. The molecule has 1 aliphatic heterocycles. The number of rotatable bonds is 4. The topological polar surface area (TPSA) is 69.3 Å². The van der Waals surface area contributed by atoms with Crippen LogP contribution in [0.25, 0.3) is 11.4 Å². The molecule has 30 heavy (non-hydrogen) atoms. The third kappa shape index (κ3) is 4.66. The lowest BCUT2D eigenvalue weighted by Gasteiger charge is -2.36. The lowest BCUT2D eigenvalue weighted by Crippen LogP contribution is -2.49. The lowest BCUT2D eigenvalue weighted by atomic mass is 10.1. The van der Waals surface area contributed by atoms with E-state index < -0.39 is 0 Å². The fraction of sp³-hybridized carbons (Fsp3) is 0.227. The van der Waals surface area contributed by atoms with Crippen LogP contribution in [0.1, 0.15) is 5.56 Å². The normalized spacial score (nSPS) is 14.1. The average Bonchev–Trinajstić information content (AvgIpc) is 2.76. The Balaban J connectivity index is 1.38. The van der Waals surface area contributed by atoms with Crippen molar-refractivity contribution in [3.63, 3.8) is 0 Å². The number of hydrogen-bond acceptors (Lipinski definition) is 4. The molecule has 0 bridgehead atoms. The Morgan fingerprint density at radius 1 is 1.00 bits per heavy atom. The highest BCUT2D eigenvalue weighted by Gasteiger charge is 2.22. The number of anilines is 1. The van der Waals surface area contributed by atoms with Crippen molar-refractivity contribution in [3.8, 4) is 11.4 Å². The first-order valence-electron chi connectivity index (χ1n) is 9.62. The SMILES string of the molecule is O=C(Cc1cnc(-c2ccc(Cl)cc2)[nH]c1=O)N1CCN(c2cccc(Cl)c2)CC1. The number of halogens is 2. The minimum absolute atomic E-state index is 0.0282. The third-order valence-corrected chi connectivity index (χ3v) is 5.63. The van der Waals surface area contributed by atoms with Crippen molar-refractivity contribution < 1.29 is 4.79 Å². The first-order valence-corrected chi connectivity index (χ1v) is 10.4. The number of amides is 1. The number of benzene rings is 2. The average molecular weight is 443 g/mol. The van der Waals surface area contributed by atoms with Crippen LogP contribution in [0.4, 0.5) is 5.69 Å². The molecule has 1 amide bonds. The van der Waals surface area contributed by atoms with Gasteiger partial charge in [-0.3, -0.25) is 9.59 Å². The summed E-state index contributed by atoms with van der Waals surface area (Å²) in [6.45, 7) is 2.63. The standard InChI is InChI=1S/C22H20Cl2N4O2/c23-17-6-4-15(5-7-17)21-25-14-16(22(30)26-21)12-20(29)28-10-8-27(9-11-28)19-3-1-2-18(24)13-19/h1-7,13-14H,8-12H2,(H,25,26,30). The van der Waals surface area contributed by atoms with Crippen molar-refractivity contribution in [3.05, 3.63) is 80.7 Å². The van der Waals surface area contributed by atoms with Gasteiger partial charge >= 0.3 is 0 Å². The summed E-state index contributed by atoms with van der Waals surface area (Å²) in [5.41, 5.74) is 1.86. The molecule has 154 valence electrons. The summed E-state index contributed by atoms with van der Waals surface area (Å²) in [5.74, 6) is 0.371. The second-order valence-electron chi connectivity index (χ2n) is 7.12. The zero-order valence-corrected chi connectivity index (χ0v) is 17.7. The second-order valence-corrected chi connectivity index (χ2v) is 7.99. The molecule has 0 radical (unpaired) electrons. The first kappa shape index (κ1) is 20.4. The van der Waals surface area contributed by atoms with E-state index in [2.05, 4.69) is 14.9 Å². The number of aromatic nitrogens is 2. The summed E-state index contributed by atoms with van der Waals surface area (Å²) in [6.07, 6.45) is 1.50. The van der Waals surface area contributed by atoms with Crippen LogP contribution in [0.5, 0.6) is 0 Å². The fourth-order valence-corrected chi connectivity index (χ4v) is 3.77. The molecule has 1 fully saturated rings. The number of hydrogen-bond donors (Lipinski definition) is 1. The van der Waals surface area contributed by atoms with E-state index in [-0.39, 0.29) is 17.9 Å². The predicted molar refractivity (Wildman–Crippen MR) is 119 cm³/mol. The molecule has 2 heterocycles. The number of nitrogens with one attached hydrogen (secondary N) is 1. The zero-order valence-electron chi connectivity index (χ0n) is 16.1. The van der Waals surface area contributed by atoms with Crippen LogP contribution in [0.3, 0.4) is 0 Å². The van der Waals surface area contributed by atoms with Crippen molar-refractivity contribution in [2.24, 2.45) is 0 Å². The van der Waals surface area contributed by atoms with Gasteiger partial charge in [0, 0.05) is 59.2 Å². The van der Waals surface area contributed by atoms with Crippen LogP contribution in [-0.2, 0) is 11.2 Å². The van der Waals surface area contributed by atoms with Gasteiger partial charge in [-0.1, -0.05) is 29.3 Å². The summed E-state index contributed by atoms with van der Waals surface area (Å²) in [5, 5.41) is 1.30. The highest BCUT2D eigenvalue weighted by Crippen LogP contribution is 2.21. The van der Waals surface area contributed by atoms with Gasteiger partial charge in [-0.2, -0.15) is 0 Å². The van der Waals surface area contributed by atoms with E-state index in [1.807, 2.05) is 24.3 Å². The molecule has 3 aromatic rings. The number of carbonyl (C=O) groups is 1. The molecule has 8 heteroatoms. The largest absolute Gasteiger partial charge is 0.368 e. The molecule has 1 saturated heterocycles. The number of carbonyl (C=O) groups excluding carboxylic acids is 1. The van der Waals surface area contributed by atoms with Gasteiger partial charge in [-0.15, -0.1) is 0 Å². The molecule has 0 aliphatic carbocycles. The molecular formula is C22H20Cl2N4O2. The summed E-state index contributed by atoms with van der Waals surface area (Å²) in [4.78, 5) is 36.2. The van der Waals surface area contributed by atoms with Crippen molar-refractivity contribution in [2.75, 3.05) is 31.1 Å². The maximum absolute atomic E-state index is 12.7. The summed E-state index contributed by atoms with van der Waals surface area (Å²) >= 11 is 12.0. The number of piperazine rings is 1. The zero-order chi connectivity index (χ0) is 21.1. The van der Waals surface area contributed by atoms with Gasteiger partial charge in [0.2, 0.25) is 5.91 Å². The van der Waals surface area contributed by atoms with Crippen LogP contribution in [0, 0.1) is 0 Å². The Morgan fingerprint density at radius 3 is 2.40 bits per heavy atom. The summed E-state index contributed by atoms with van der Waals surface area (Å²) < 4.78 is 0. The van der Waals surface area contributed by atoms with Crippen LogP contribution < -0.4 is 10.5 Å². The van der Waals surface area contributed by atoms with Crippen molar-refractivity contribution in [1.82, 2.24) is 14.9 Å². The van der Waals surface area contributed by atoms with Crippen LogP contribution in [0.2, 0.25) is 10.0 Å². The van der Waals surface area contributed by atoms with E-state index in [0.29, 0.717) is 34.5 Å². The van der Waals surface area contributed by atoms with Crippen LogP contribution >= 0.6 is 23.2 Å². The Labute approximate surface area is 184 Å². The lowest BCUT2D eigenvalue weighted by molar-refractivity contribution is -0.130. The van der Waals surface area contributed by atoms with E-state index in [1.165, 1.54) is 6.20 Å². The first-order chi connectivity index (χ1) is 14.5. The highest BCUT2D eigenvalue weighted by molar-refractivity contribution is 6.31. The molecule has 0 unspecified atom stereocenters. The van der Waals surface area contributed by atoms with E-state index in [0.717, 1.165) is 24.3 Å². The Hall–Kier alpha value is -2.83. The molecule has 6 nitrogen and oxygen atoms in total. The van der Waals surface area contributed by atoms with Crippen molar-refractivity contribution in [1.29, 1.82) is 0 Å². The van der Waals surface area contributed by atoms with Gasteiger partial charge in [0.15, 0.2) is 0 Å². The van der Waals surface area contributed by atoms with Gasteiger partial charge in [-0.05, 0) is 42.5 Å². The van der Waals surface area contributed by atoms with Gasteiger partial charge in [-0.25, -0.2) is 4.98 Å². The van der Waals surface area contributed by atoms with Crippen LogP contribution in [0.15, 0.2) is 59.5 Å². The molecule has 0 saturated carbocycles. The minimum Gasteiger partial charge on any atom is -0.368 e. The highest BCUT2D eigenvalue weighted by atomic mass is 35.5. The van der Waals surface area contributed by atoms with E-state index >= 15 is 0 Å².